The van der Waals surface area contributed by atoms with Gasteiger partial charge in [0.2, 0.25) is 5.91 Å². The highest BCUT2D eigenvalue weighted by Crippen LogP contribution is 1.90. The summed E-state index contributed by atoms with van der Waals surface area (Å²) in [4.78, 5) is 11.2. The van der Waals surface area contributed by atoms with Crippen LogP contribution in [-0.2, 0) is 14.3 Å². The van der Waals surface area contributed by atoms with Crippen LogP contribution in [0.2, 0.25) is 0 Å². The molecule has 1 atom stereocenters. The van der Waals surface area contributed by atoms with Crippen molar-refractivity contribution in [1.82, 2.24) is 5.32 Å². The highest BCUT2D eigenvalue weighted by Gasteiger charge is 2.05. The van der Waals surface area contributed by atoms with E-state index >= 15 is 0 Å². The number of rotatable bonds is 9. The highest BCUT2D eigenvalue weighted by atomic mass is 16.5. The number of methoxy groups -OCH3 is 1. The van der Waals surface area contributed by atoms with Gasteiger partial charge < -0.3 is 19.9 Å². The molecule has 1 amide bonds. The Bertz CT molecular complexity index is 164. The van der Waals surface area contributed by atoms with Gasteiger partial charge in [0, 0.05) is 33.3 Å². The van der Waals surface area contributed by atoms with Gasteiger partial charge in [0.05, 0.1) is 12.7 Å². The van der Waals surface area contributed by atoms with Gasteiger partial charge in [-0.1, -0.05) is 0 Å². The Labute approximate surface area is 90.8 Å². The zero-order valence-corrected chi connectivity index (χ0v) is 9.49. The van der Waals surface area contributed by atoms with E-state index in [2.05, 4.69) is 5.32 Å². The quantitative estimate of drug-likeness (QED) is 0.533. The molecule has 15 heavy (non-hydrogen) atoms. The molecule has 0 aliphatic rings. The van der Waals surface area contributed by atoms with Gasteiger partial charge in [0.1, 0.15) is 0 Å². The van der Waals surface area contributed by atoms with Crippen LogP contribution in [0.1, 0.15) is 19.8 Å². The van der Waals surface area contributed by atoms with Crippen molar-refractivity contribution >= 4 is 5.91 Å². The molecule has 0 aromatic heterocycles. The molecule has 5 heteroatoms. The first kappa shape index (κ1) is 14.3. The molecule has 0 aromatic carbocycles. The first-order valence-corrected chi connectivity index (χ1v) is 5.22. The van der Waals surface area contributed by atoms with Crippen molar-refractivity contribution in [2.24, 2.45) is 0 Å². The minimum absolute atomic E-state index is 0.0649. The second-order valence-electron chi connectivity index (χ2n) is 3.21. The molecule has 0 radical (unpaired) electrons. The number of hydrogen-bond acceptors (Lipinski definition) is 4. The van der Waals surface area contributed by atoms with Crippen molar-refractivity contribution in [3.8, 4) is 0 Å². The van der Waals surface area contributed by atoms with E-state index < -0.39 is 6.10 Å². The average Bonchev–Trinajstić information content (AvgIpc) is 2.22. The van der Waals surface area contributed by atoms with E-state index in [0.29, 0.717) is 26.1 Å². The first-order chi connectivity index (χ1) is 7.20. The molecular formula is C10H21NO4. The maximum atomic E-state index is 11.2. The summed E-state index contributed by atoms with van der Waals surface area (Å²) in [6, 6.07) is 0. The van der Waals surface area contributed by atoms with Crippen LogP contribution in [-0.4, -0.2) is 50.6 Å². The fourth-order valence-electron chi connectivity index (χ4n) is 1.05. The molecular weight excluding hydrogens is 198 g/mol. The number of nitrogens with one attached hydrogen (secondary N) is 1. The Kier molecular flexibility index (Phi) is 9.46. The summed E-state index contributed by atoms with van der Waals surface area (Å²) in [5.41, 5.74) is 0. The van der Waals surface area contributed by atoms with E-state index in [1.807, 2.05) is 6.92 Å². The molecule has 0 bridgehead atoms. The van der Waals surface area contributed by atoms with Crippen LogP contribution >= 0.6 is 0 Å². The molecule has 0 fully saturated rings. The Morgan fingerprint density at radius 3 is 2.87 bits per heavy atom. The monoisotopic (exact) mass is 219 g/mol. The zero-order valence-electron chi connectivity index (χ0n) is 9.49. The van der Waals surface area contributed by atoms with Gasteiger partial charge in [0.25, 0.3) is 0 Å². The van der Waals surface area contributed by atoms with Gasteiger partial charge in [-0.05, 0) is 13.3 Å². The molecule has 0 saturated heterocycles. The lowest BCUT2D eigenvalue weighted by molar-refractivity contribution is -0.122. The number of amides is 1. The van der Waals surface area contributed by atoms with E-state index in [0.717, 1.165) is 0 Å². The molecule has 0 heterocycles. The van der Waals surface area contributed by atoms with Crippen molar-refractivity contribution in [1.29, 1.82) is 0 Å². The molecule has 90 valence electrons. The largest absolute Gasteiger partial charge is 0.389 e. The average molecular weight is 219 g/mol. The Balaban J connectivity index is 3.32. The predicted octanol–water partition coefficient (Wildman–Crippen LogP) is -0.0734. The topological polar surface area (TPSA) is 67.8 Å². The van der Waals surface area contributed by atoms with E-state index in [9.17, 15) is 9.90 Å². The Morgan fingerprint density at radius 1 is 1.53 bits per heavy atom. The summed E-state index contributed by atoms with van der Waals surface area (Å²) in [5, 5.41) is 11.9. The molecule has 0 spiro atoms. The minimum atomic E-state index is -0.633. The lowest BCUT2D eigenvalue weighted by atomic mass is 10.3. The summed E-state index contributed by atoms with van der Waals surface area (Å²) in [5.74, 6) is -0.0649. The SMILES string of the molecule is CCOCCCC(=O)NCC(O)COC. The van der Waals surface area contributed by atoms with E-state index in [1.54, 1.807) is 0 Å². The van der Waals surface area contributed by atoms with Crippen molar-refractivity contribution in [2.45, 2.75) is 25.9 Å². The smallest absolute Gasteiger partial charge is 0.220 e. The van der Waals surface area contributed by atoms with Gasteiger partial charge in [0.15, 0.2) is 0 Å². The Hall–Kier alpha value is -0.650. The summed E-state index contributed by atoms with van der Waals surface area (Å²) >= 11 is 0. The van der Waals surface area contributed by atoms with Gasteiger partial charge >= 0.3 is 0 Å². The van der Waals surface area contributed by atoms with Crippen LogP contribution in [0.5, 0.6) is 0 Å². The first-order valence-electron chi connectivity index (χ1n) is 5.22. The van der Waals surface area contributed by atoms with Gasteiger partial charge in [-0.25, -0.2) is 0 Å². The van der Waals surface area contributed by atoms with Crippen LogP contribution in [0, 0.1) is 0 Å². The lowest BCUT2D eigenvalue weighted by Gasteiger charge is -2.10. The van der Waals surface area contributed by atoms with Crippen LogP contribution in [0.15, 0.2) is 0 Å². The number of hydrogen-bond donors (Lipinski definition) is 2. The molecule has 0 aromatic rings. The lowest BCUT2D eigenvalue weighted by Crippen LogP contribution is -2.34. The maximum absolute atomic E-state index is 11.2. The standard InChI is InChI=1S/C10H21NO4/c1-3-15-6-4-5-10(13)11-7-9(12)8-14-2/h9,12H,3-8H2,1-2H3,(H,11,13). The van der Waals surface area contributed by atoms with Crippen LogP contribution in [0.3, 0.4) is 0 Å². The fraction of sp³-hybridized carbons (Fsp3) is 0.900. The van der Waals surface area contributed by atoms with Crippen molar-refractivity contribution in [3.05, 3.63) is 0 Å². The van der Waals surface area contributed by atoms with E-state index in [4.69, 9.17) is 9.47 Å². The number of ether oxygens (including phenoxy) is 2. The second kappa shape index (κ2) is 9.89. The van der Waals surface area contributed by atoms with Gasteiger partial charge in [-0.2, -0.15) is 0 Å². The summed E-state index contributed by atoms with van der Waals surface area (Å²) in [7, 11) is 1.51. The van der Waals surface area contributed by atoms with Crippen molar-refractivity contribution < 1.29 is 19.4 Å². The highest BCUT2D eigenvalue weighted by molar-refractivity contribution is 5.75. The third-order valence-electron chi connectivity index (χ3n) is 1.79. The number of carbonyl (C=O) groups excluding carboxylic acids is 1. The Morgan fingerprint density at radius 2 is 2.27 bits per heavy atom. The fourth-order valence-corrected chi connectivity index (χ4v) is 1.05. The molecule has 0 rings (SSSR count). The van der Waals surface area contributed by atoms with Crippen LogP contribution < -0.4 is 5.32 Å². The summed E-state index contributed by atoms with van der Waals surface area (Å²) in [6.07, 6.45) is 0.505. The zero-order chi connectivity index (χ0) is 11.5. The summed E-state index contributed by atoms with van der Waals surface area (Å²) < 4.78 is 9.83. The molecule has 5 nitrogen and oxygen atoms in total. The normalized spacial score (nSPS) is 12.5. The maximum Gasteiger partial charge on any atom is 0.220 e. The van der Waals surface area contributed by atoms with Crippen molar-refractivity contribution in [3.63, 3.8) is 0 Å². The third-order valence-corrected chi connectivity index (χ3v) is 1.79. The minimum Gasteiger partial charge on any atom is -0.389 e. The van der Waals surface area contributed by atoms with E-state index in [-0.39, 0.29) is 19.1 Å². The molecule has 1 unspecified atom stereocenters. The predicted molar refractivity (Wildman–Crippen MR) is 56.6 cm³/mol. The third kappa shape index (κ3) is 9.65. The van der Waals surface area contributed by atoms with Crippen LogP contribution in [0.4, 0.5) is 0 Å². The van der Waals surface area contributed by atoms with Crippen molar-refractivity contribution in [2.75, 3.05) is 33.5 Å². The van der Waals surface area contributed by atoms with Crippen LogP contribution in [0.25, 0.3) is 0 Å². The summed E-state index contributed by atoms with van der Waals surface area (Å²) in [6.45, 7) is 3.67. The number of aliphatic hydroxyl groups excluding tert-OH is 1. The number of carbonyl (C=O) groups is 1. The molecule has 0 saturated carbocycles. The van der Waals surface area contributed by atoms with E-state index in [1.165, 1.54) is 7.11 Å². The van der Waals surface area contributed by atoms with Gasteiger partial charge in [-0.15, -0.1) is 0 Å². The molecule has 0 aliphatic carbocycles. The number of aliphatic hydroxyl groups is 1. The molecule has 2 N–H and O–H groups in total. The molecule has 0 aliphatic heterocycles. The second-order valence-corrected chi connectivity index (χ2v) is 3.21. The van der Waals surface area contributed by atoms with Gasteiger partial charge in [-0.3, -0.25) is 4.79 Å².